The van der Waals surface area contributed by atoms with E-state index in [0.29, 0.717) is 34.9 Å². The van der Waals surface area contributed by atoms with E-state index in [9.17, 15) is 4.79 Å². The molecule has 2 bridgehead atoms. The van der Waals surface area contributed by atoms with Gasteiger partial charge in [-0.15, -0.1) is 0 Å². The lowest BCUT2D eigenvalue weighted by Gasteiger charge is -2.42. The number of piperidine rings is 1. The lowest BCUT2D eigenvalue weighted by atomic mass is 9.86. The van der Waals surface area contributed by atoms with Gasteiger partial charge in [0.2, 0.25) is 11.7 Å². The number of rotatable bonds is 3. The predicted molar refractivity (Wildman–Crippen MR) is 99.4 cm³/mol. The average molecular weight is 384 g/mol. The van der Waals surface area contributed by atoms with Gasteiger partial charge in [-0.3, -0.25) is 9.69 Å². The normalized spacial score (nSPS) is 21.8. The Morgan fingerprint density at radius 2 is 2.15 bits per heavy atom. The van der Waals surface area contributed by atoms with E-state index < -0.39 is 0 Å². The molecule has 1 fully saturated rings. The number of fused-ring (bicyclic) bond motifs is 4. The molecular weight excluding hydrogens is 366 g/mol. The Kier molecular flexibility index (Phi) is 4.06. The maximum absolute atomic E-state index is 12.3. The fourth-order valence-electron chi connectivity index (χ4n) is 4.33. The van der Waals surface area contributed by atoms with Crippen LogP contribution in [0, 0.1) is 5.92 Å². The molecule has 8 heteroatoms. The van der Waals surface area contributed by atoms with Gasteiger partial charge in [0.1, 0.15) is 5.15 Å². The summed E-state index contributed by atoms with van der Waals surface area (Å²) in [4.78, 5) is 23.1. The first-order valence-corrected chi connectivity index (χ1v) is 9.41. The van der Waals surface area contributed by atoms with E-state index in [1.54, 1.807) is 18.3 Å². The van der Waals surface area contributed by atoms with Crippen LogP contribution in [0.15, 0.2) is 45.8 Å². The smallest absolute Gasteiger partial charge is 0.251 e. The predicted octanol–water partition coefficient (Wildman–Crippen LogP) is 2.57. The van der Waals surface area contributed by atoms with Crippen LogP contribution in [0.5, 0.6) is 0 Å². The zero-order valence-corrected chi connectivity index (χ0v) is 15.3. The molecule has 0 amide bonds. The van der Waals surface area contributed by atoms with Gasteiger partial charge in [-0.05, 0) is 37.0 Å². The number of pyridine rings is 2. The third kappa shape index (κ3) is 3.07. The summed E-state index contributed by atoms with van der Waals surface area (Å²) in [5.41, 5.74) is 1.89. The van der Waals surface area contributed by atoms with Crippen LogP contribution in [0.4, 0.5) is 0 Å². The SMILES string of the molecule is O=c1cccc2n1C1CC(C2)CN(Cc2nc(-c3cccnc3Cl)no2)C1. The van der Waals surface area contributed by atoms with Crippen molar-refractivity contribution in [2.45, 2.75) is 25.4 Å². The largest absolute Gasteiger partial charge is 0.338 e. The summed E-state index contributed by atoms with van der Waals surface area (Å²) in [5, 5.41) is 4.40. The van der Waals surface area contributed by atoms with E-state index in [0.717, 1.165) is 31.6 Å². The van der Waals surface area contributed by atoms with Crippen LogP contribution in [-0.4, -0.2) is 37.7 Å². The highest BCUT2D eigenvalue weighted by molar-refractivity contribution is 6.31. The van der Waals surface area contributed by atoms with Crippen molar-refractivity contribution in [2.75, 3.05) is 13.1 Å². The maximum Gasteiger partial charge on any atom is 0.251 e. The van der Waals surface area contributed by atoms with Crippen LogP contribution in [0.1, 0.15) is 24.0 Å². The molecule has 0 aromatic carbocycles. The van der Waals surface area contributed by atoms with Crippen LogP contribution in [0.3, 0.4) is 0 Å². The van der Waals surface area contributed by atoms with Crippen molar-refractivity contribution in [1.82, 2.24) is 24.6 Å². The molecule has 0 aliphatic carbocycles. The zero-order chi connectivity index (χ0) is 18.4. The minimum Gasteiger partial charge on any atom is -0.338 e. The lowest BCUT2D eigenvalue weighted by molar-refractivity contribution is 0.0902. The van der Waals surface area contributed by atoms with E-state index in [2.05, 4.69) is 26.1 Å². The Hall–Kier alpha value is -2.51. The van der Waals surface area contributed by atoms with Gasteiger partial charge in [0.15, 0.2) is 0 Å². The summed E-state index contributed by atoms with van der Waals surface area (Å²) in [6.07, 6.45) is 3.61. The molecule has 0 saturated carbocycles. The van der Waals surface area contributed by atoms with Gasteiger partial charge in [0.25, 0.3) is 5.56 Å². The van der Waals surface area contributed by atoms with Gasteiger partial charge in [0, 0.05) is 37.1 Å². The van der Waals surface area contributed by atoms with E-state index in [1.165, 1.54) is 0 Å². The average Bonchev–Trinajstić information content (AvgIpc) is 3.10. The number of hydrogen-bond donors (Lipinski definition) is 0. The first-order chi connectivity index (χ1) is 13.2. The second kappa shape index (κ2) is 6.58. The second-order valence-electron chi connectivity index (χ2n) is 7.23. The molecule has 0 N–H and O–H groups in total. The first kappa shape index (κ1) is 16.6. The molecule has 0 spiro atoms. The van der Waals surface area contributed by atoms with E-state index >= 15 is 0 Å². The van der Waals surface area contributed by atoms with Gasteiger partial charge in [-0.1, -0.05) is 22.8 Å². The fraction of sp³-hybridized carbons (Fsp3) is 0.368. The molecule has 2 unspecified atom stereocenters. The molecule has 27 heavy (non-hydrogen) atoms. The minimum atomic E-state index is 0.0871. The fourth-order valence-corrected chi connectivity index (χ4v) is 4.53. The quantitative estimate of drug-likeness (QED) is 0.647. The second-order valence-corrected chi connectivity index (χ2v) is 7.59. The Morgan fingerprint density at radius 1 is 1.22 bits per heavy atom. The molecule has 2 aliphatic rings. The van der Waals surface area contributed by atoms with Crippen molar-refractivity contribution in [2.24, 2.45) is 5.92 Å². The van der Waals surface area contributed by atoms with Crippen LogP contribution >= 0.6 is 11.6 Å². The van der Waals surface area contributed by atoms with Gasteiger partial charge in [-0.2, -0.15) is 4.98 Å². The van der Waals surface area contributed by atoms with E-state index in [-0.39, 0.29) is 11.6 Å². The summed E-state index contributed by atoms with van der Waals surface area (Å²) in [7, 11) is 0. The highest BCUT2D eigenvalue weighted by Crippen LogP contribution is 2.33. The van der Waals surface area contributed by atoms with Gasteiger partial charge < -0.3 is 9.09 Å². The molecule has 0 radical (unpaired) electrons. The summed E-state index contributed by atoms with van der Waals surface area (Å²) in [6.45, 7) is 2.33. The van der Waals surface area contributed by atoms with Crippen molar-refractivity contribution in [3.05, 3.63) is 63.6 Å². The Labute approximate surface area is 160 Å². The molecule has 138 valence electrons. The highest BCUT2D eigenvalue weighted by Gasteiger charge is 2.34. The minimum absolute atomic E-state index is 0.0871. The van der Waals surface area contributed by atoms with Crippen molar-refractivity contribution in [1.29, 1.82) is 0 Å². The Bertz CT molecular complexity index is 1050. The van der Waals surface area contributed by atoms with Gasteiger partial charge >= 0.3 is 0 Å². The standard InChI is InChI=1S/C19H18ClN5O2/c20-18-15(4-2-6-21-18)19-22-16(27-23-19)11-24-9-12-7-13-3-1-5-17(26)25(13)14(8-12)10-24/h1-6,12,14H,7-11H2. The number of nitrogens with zero attached hydrogens (tertiary/aromatic N) is 5. The maximum atomic E-state index is 12.3. The van der Waals surface area contributed by atoms with Crippen molar-refractivity contribution in [3.63, 3.8) is 0 Å². The van der Waals surface area contributed by atoms with Crippen LogP contribution < -0.4 is 5.56 Å². The van der Waals surface area contributed by atoms with Gasteiger partial charge in [0.05, 0.1) is 12.1 Å². The van der Waals surface area contributed by atoms with Crippen LogP contribution in [0.2, 0.25) is 5.15 Å². The Morgan fingerprint density at radius 3 is 3.04 bits per heavy atom. The molecule has 3 aromatic heterocycles. The Balaban J connectivity index is 1.36. The lowest BCUT2D eigenvalue weighted by Crippen LogP contribution is -2.48. The molecule has 5 heterocycles. The van der Waals surface area contributed by atoms with Crippen LogP contribution in [0.25, 0.3) is 11.4 Å². The summed E-state index contributed by atoms with van der Waals surface area (Å²) in [6, 6.07) is 9.38. The van der Waals surface area contributed by atoms with Crippen molar-refractivity contribution < 1.29 is 4.52 Å². The summed E-state index contributed by atoms with van der Waals surface area (Å²) >= 11 is 6.11. The third-order valence-corrected chi connectivity index (χ3v) is 5.66. The van der Waals surface area contributed by atoms with Crippen molar-refractivity contribution in [3.8, 4) is 11.4 Å². The topological polar surface area (TPSA) is 77.1 Å². The molecule has 2 aliphatic heterocycles. The number of aromatic nitrogens is 4. The molecule has 7 nitrogen and oxygen atoms in total. The number of halogens is 1. The third-order valence-electron chi connectivity index (χ3n) is 5.35. The number of hydrogen-bond acceptors (Lipinski definition) is 6. The molecule has 2 atom stereocenters. The summed E-state index contributed by atoms with van der Waals surface area (Å²) in [5.74, 6) is 1.54. The first-order valence-electron chi connectivity index (χ1n) is 9.03. The molecular formula is C19H18ClN5O2. The van der Waals surface area contributed by atoms with E-state index in [4.69, 9.17) is 16.1 Å². The van der Waals surface area contributed by atoms with E-state index in [1.807, 2.05) is 16.7 Å². The monoisotopic (exact) mass is 383 g/mol. The van der Waals surface area contributed by atoms with Gasteiger partial charge in [-0.25, -0.2) is 4.98 Å². The van der Waals surface area contributed by atoms with Crippen LogP contribution in [-0.2, 0) is 13.0 Å². The highest BCUT2D eigenvalue weighted by atomic mass is 35.5. The number of likely N-dealkylation sites (tertiary alicyclic amines) is 1. The molecule has 3 aromatic rings. The molecule has 5 rings (SSSR count). The zero-order valence-electron chi connectivity index (χ0n) is 14.6. The summed E-state index contributed by atoms with van der Waals surface area (Å²) < 4.78 is 7.39. The van der Waals surface area contributed by atoms with Crippen molar-refractivity contribution >= 4 is 11.6 Å². The molecule has 1 saturated heterocycles.